The topological polar surface area (TPSA) is 23.6 Å². The van der Waals surface area contributed by atoms with Crippen molar-refractivity contribution in [3.63, 3.8) is 0 Å². The van der Waals surface area contributed by atoms with Gasteiger partial charge in [-0.15, -0.1) is 0 Å². The molecule has 0 spiro atoms. The minimum absolute atomic E-state index is 0.300. The van der Waals surface area contributed by atoms with Crippen molar-refractivity contribution < 1.29 is 4.79 Å². The second-order valence-electron chi connectivity index (χ2n) is 4.84. The summed E-state index contributed by atoms with van der Waals surface area (Å²) in [5, 5.41) is 0.996. The van der Waals surface area contributed by atoms with E-state index in [1.807, 2.05) is 11.9 Å². The molecule has 0 aliphatic carbocycles. The molecule has 3 nitrogen and oxygen atoms in total. The molecule has 17 heavy (non-hydrogen) atoms. The fraction of sp³-hybridized carbons (Fsp3) is 0.923. The molecule has 0 bridgehead atoms. The molecule has 1 rings (SSSR count). The van der Waals surface area contributed by atoms with E-state index in [2.05, 4.69) is 27.8 Å². The number of halogens is 1. The van der Waals surface area contributed by atoms with E-state index in [1.165, 1.54) is 19.4 Å². The van der Waals surface area contributed by atoms with Gasteiger partial charge in [-0.25, -0.2) is 0 Å². The van der Waals surface area contributed by atoms with Gasteiger partial charge in [0.2, 0.25) is 5.91 Å². The highest BCUT2D eigenvalue weighted by Gasteiger charge is 2.25. The van der Waals surface area contributed by atoms with Crippen LogP contribution < -0.4 is 0 Å². The first kappa shape index (κ1) is 15.0. The number of rotatable bonds is 7. The van der Waals surface area contributed by atoms with Crippen LogP contribution in [0.1, 0.15) is 39.0 Å². The zero-order valence-electron chi connectivity index (χ0n) is 11.1. The van der Waals surface area contributed by atoms with Gasteiger partial charge in [0.25, 0.3) is 0 Å². The summed E-state index contributed by atoms with van der Waals surface area (Å²) in [6.45, 7) is 5.42. The molecule has 1 amide bonds. The predicted octanol–water partition coefficient (Wildman–Crippen LogP) is 2.49. The lowest BCUT2D eigenvalue weighted by Gasteiger charge is -2.27. The van der Waals surface area contributed by atoms with Crippen molar-refractivity contribution >= 4 is 21.8 Å². The number of amides is 1. The summed E-state index contributed by atoms with van der Waals surface area (Å²) < 4.78 is 0. The van der Waals surface area contributed by atoms with E-state index in [9.17, 15) is 4.79 Å². The molecular weight excluding hydrogens is 280 g/mol. The number of alkyl halides is 1. The smallest absolute Gasteiger partial charge is 0.222 e. The van der Waals surface area contributed by atoms with E-state index in [0.29, 0.717) is 18.4 Å². The second-order valence-corrected chi connectivity index (χ2v) is 5.64. The van der Waals surface area contributed by atoms with E-state index in [0.717, 1.165) is 31.3 Å². The monoisotopic (exact) mass is 304 g/mol. The van der Waals surface area contributed by atoms with Gasteiger partial charge in [-0.3, -0.25) is 9.69 Å². The van der Waals surface area contributed by atoms with Crippen LogP contribution in [-0.4, -0.2) is 53.8 Å². The summed E-state index contributed by atoms with van der Waals surface area (Å²) in [4.78, 5) is 16.3. The number of nitrogens with zero attached hydrogens (tertiary/aromatic N) is 2. The summed E-state index contributed by atoms with van der Waals surface area (Å²) in [5.41, 5.74) is 0. The van der Waals surface area contributed by atoms with E-state index in [1.54, 1.807) is 0 Å². The highest BCUT2D eigenvalue weighted by molar-refractivity contribution is 9.09. The van der Waals surface area contributed by atoms with Crippen molar-refractivity contribution in [3.8, 4) is 0 Å². The normalized spacial score (nSPS) is 20.8. The molecule has 1 heterocycles. The minimum atomic E-state index is 0.300. The van der Waals surface area contributed by atoms with Crippen molar-refractivity contribution in [2.45, 2.75) is 45.1 Å². The van der Waals surface area contributed by atoms with Crippen LogP contribution in [-0.2, 0) is 4.79 Å². The van der Waals surface area contributed by atoms with Crippen LogP contribution in [0.15, 0.2) is 0 Å². The molecule has 0 aromatic heterocycles. The van der Waals surface area contributed by atoms with Gasteiger partial charge in [-0.05, 0) is 38.8 Å². The van der Waals surface area contributed by atoms with Crippen LogP contribution in [0.4, 0.5) is 0 Å². The first-order chi connectivity index (χ1) is 8.19. The Labute approximate surface area is 114 Å². The third-order valence-electron chi connectivity index (χ3n) is 3.59. The zero-order valence-corrected chi connectivity index (χ0v) is 12.7. The average molecular weight is 305 g/mol. The Balaban J connectivity index is 2.27. The molecule has 0 N–H and O–H groups in total. The predicted molar refractivity (Wildman–Crippen MR) is 75.6 cm³/mol. The Morgan fingerprint density at radius 2 is 2.24 bits per heavy atom. The first-order valence-electron chi connectivity index (χ1n) is 6.73. The van der Waals surface area contributed by atoms with Crippen LogP contribution in [0, 0.1) is 0 Å². The van der Waals surface area contributed by atoms with Crippen molar-refractivity contribution in [3.05, 3.63) is 0 Å². The molecule has 0 aromatic rings. The van der Waals surface area contributed by atoms with Crippen molar-refractivity contribution in [2.24, 2.45) is 0 Å². The molecule has 1 unspecified atom stereocenters. The average Bonchev–Trinajstić information content (AvgIpc) is 2.76. The number of likely N-dealkylation sites (tertiary alicyclic amines) is 1. The van der Waals surface area contributed by atoms with E-state index >= 15 is 0 Å². The largest absolute Gasteiger partial charge is 0.344 e. The standard InChI is InChI=1S/C13H25BrN2O/c1-3-16-10-6-7-12(16)11-15(2)13(17)8-4-5-9-14/h12H,3-11H2,1-2H3. The third-order valence-corrected chi connectivity index (χ3v) is 4.15. The van der Waals surface area contributed by atoms with Crippen molar-refractivity contribution in [2.75, 3.05) is 32.0 Å². The lowest BCUT2D eigenvalue weighted by Crippen LogP contribution is -2.41. The van der Waals surface area contributed by atoms with Crippen LogP contribution >= 0.6 is 15.9 Å². The quantitative estimate of drug-likeness (QED) is 0.533. The van der Waals surface area contributed by atoms with Crippen molar-refractivity contribution in [1.82, 2.24) is 9.80 Å². The summed E-state index contributed by atoms with van der Waals surface area (Å²) in [6.07, 6.45) is 5.30. The lowest BCUT2D eigenvalue weighted by molar-refractivity contribution is -0.130. The molecule has 4 heteroatoms. The Hall–Kier alpha value is -0.0900. The first-order valence-corrected chi connectivity index (χ1v) is 7.85. The maximum Gasteiger partial charge on any atom is 0.222 e. The maximum absolute atomic E-state index is 11.9. The fourth-order valence-corrected chi connectivity index (χ4v) is 2.89. The number of hydrogen-bond acceptors (Lipinski definition) is 2. The highest BCUT2D eigenvalue weighted by Crippen LogP contribution is 2.17. The Bertz CT molecular complexity index is 235. The van der Waals surface area contributed by atoms with Gasteiger partial charge >= 0.3 is 0 Å². The molecule has 0 aromatic carbocycles. The molecule has 100 valence electrons. The van der Waals surface area contributed by atoms with E-state index in [4.69, 9.17) is 0 Å². The molecule has 1 atom stereocenters. The number of unbranched alkanes of at least 4 members (excludes halogenated alkanes) is 1. The van der Waals surface area contributed by atoms with Gasteiger partial charge in [-0.2, -0.15) is 0 Å². The molecule has 1 saturated heterocycles. The van der Waals surface area contributed by atoms with Crippen LogP contribution in [0.3, 0.4) is 0 Å². The summed E-state index contributed by atoms with van der Waals surface area (Å²) in [6, 6.07) is 0.588. The number of carbonyl (C=O) groups excluding carboxylic acids is 1. The number of hydrogen-bond donors (Lipinski definition) is 0. The van der Waals surface area contributed by atoms with E-state index < -0.39 is 0 Å². The fourth-order valence-electron chi connectivity index (χ4n) is 2.50. The molecular formula is C13H25BrN2O. The van der Waals surface area contributed by atoms with E-state index in [-0.39, 0.29) is 0 Å². The van der Waals surface area contributed by atoms with Gasteiger partial charge in [0, 0.05) is 31.4 Å². The molecule has 0 radical (unpaired) electrons. The Morgan fingerprint density at radius 1 is 1.47 bits per heavy atom. The highest BCUT2D eigenvalue weighted by atomic mass is 79.9. The molecule has 1 aliphatic heterocycles. The molecule has 0 saturated carbocycles. The Kier molecular flexibility index (Phi) is 7.12. The van der Waals surface area contributed by atoms with Gasteiger partial charge in [0.15, 0.2) is 0 Å². The maximum atomic E-state index is 11.9. The minimum Gasteiger partial charge on any atom is -0.344 e. The van der Waals surface area contributed by atoms with Gasteiger partial charge in [0.05, 0.1) is 0 Å². The number of likely N-dealkylation sites (N-methyl/N-ethyl adjacent to an activating group) is 2. The summed E-state index contributed by atoms with van der Waals surface area (Å²) in [5.74, 6) is 0.300. The van der Waals surface area contributed by atoms with Crippen LogP contribution in [0.5, 0.6) is 0 Å². The zero-order chi connectivity index (χ0) is 12.7. The van der Waals surface area contributed by atoms with Crippen LogP contribution in [0.2, 0.25) is 0 Å². The Morgan fingerprint density at radius 3 is 2.88 bits per heavy atom. The SMILES string of the molecule is CCN1CCCC1CN(C)C(=O)CCCCBr. The van der Waals surface area contributed by atoms with Gasteiger partial charge in [-0.1, -0.05) is 22.9 Å². The van der Waals surface area contributed by atoms with Crippen molar-refractivity contribution in [1.29, 1.82) is 0 Å². The second kappa shape index (κ2) is 8.09. The molecule has 1 fully saturated rings. The van der Waals surface area contributed by atoms with Crippen LogP contribution in [0.25, 0.3) is 0 Å². The summed E-state index contributed by atoms with van der Waals surface area (Å²) >= 11 is 3.39. The lowest BCUT2D eigenvalue weighted by atomic mass is 10.2. The summed E-state index contributed by atoms with van der Waals surface area (Å²) in [7, 11) is 1.95. The third kappa shape index (κ3) is 4.96. The molecule has 1 aliphatic rings. The van der Waals surface area contributed by atoms with Gasteiger partial charge < -0.3 is 4.90 Å². The number of carbonyl (C=O) groups is 1. The van der Waals surface area contributed by atoms with Gasteiger partial charge in [0.1, 0.15) is 0 Å².